The summed E-state index contributed by atoms with van der Waals surface area (Å²) in [5.41, 5.74) is 3.58. The van der Waals surface area contributed by atoms with Gasteiger partial charge in [-0.1, -0.05) is 45.7 Å². The Kier molecular flexibility index (Phi) is 4.19. The van der Waals surface area contributed by atoms with Crippen LogP contribution >= 0.6 is 27.5 Å². The third kappa shape index (κ3) is 3.30. The van der Waals surface area contributed by atoms with Crippen LogP contribution < -0.4 is 0 Å². The average Bonchev–Trinajstić information content (AvgIpc) is 2.33. The molecule has 0 spiro atoms. The molecule has 0 N–H and O–H groups in total. The van der Waals surface area contributed by atoms with E-state index in [0.29, 0.717) is 0 Å². The summed E-state index contributed by atoms with van der Waals surface area (Å²) in [6, 6.07) is 12.0. The van der Waals surface area contributed by atoms with Gasteiger partial charge in [-0.05, 0) is 36.2 Å². The van der Waals surface area contributed by atoms with E-state index in [-0.39, 0.29) is 4.83 Å². The van der Waals surface area contributed by atoms with Gasteiger partial charge in [-0.3, -0.25) is 4.98 Å². The largest absolute Gasteiger partial charge is 0.261 e. The number of benzene rings is 1. The molecule has 0 amide bonds. The molecular formula is C14H13BrClN. The third-order valence-electron chi connectivity index (χ3n) is 2.72. The molecule has 2 rings (SSSR count). The van der Waals surface area contributed by atoms with Crippen LogP contribution in [-0.4, -0.2) is 4.98 Å². The Balaban J connectivity index is 2.14. The molecule has 0 aliphatic heterocycles. The summed E-state index contributed by atoms with van der Waals surface area (Å²) in [5.74, 6) is 0. The molecule has 0 aliphatic carbocycles. The second kappa shape index (κ2) is 5.65. The zero-order valence-corrected chi connectivity index (χ0v) is 11.9. The first-order valence-electron chi connectivity index (χ1n) is 5.47. The summed E-state index contributed by atoms with van der Waals surface area (Å²) in [5, 5.41) is 0.766. The highest BCUT2D eigenvalue weighted by Crippen LogP contribution is 2.28. The summed E-state index contributed by atoms with van der Waals surface area (Å²) in [4.78, 5) is 4.68. The minimum absolute atomic E-state index is 0.272. The second-order valence-corrected chi connectivity index (χ2v) is 5.53. The zero-order chi connectivity index (χ0) is 12.3. The van der Waals surface area contributed by atoms with Crippen molar-refractivity contribution in [1.29, 1.82) is 0 Å². The Labute approximate surface area is 115 Å². The second-order valence-electron chi connectivity index (χ2n) is 3.99. The first-order valence-corrected chi connectivity index (χ1v) is 6.76. The van der Waals surface area contributed by atoms with Gasteiger partial charge in [-0.2, -0.15) is 0 Å². The highest BCUT2D eigenvalue weighted by atomic mass is 79.9. The molecule has 0 aliphatic rings. The Morgan fingerprint density at radius 1 is 1.24 bits per heavy atom. The van der Waals surface area contributed by atoms with Gasteiger partial charge in [-0.15, -0.1) is 0 Å². The minimum atomic E-state index is 0.272. The average molecular weight is 311 g/mol. The van der Waals surface area contributed by atoms with Crippen LogP contribution in [0.1, 0.15) is 21.6 Å². The Morgan fingerprint density at radius 3 is 2.59 bits per heavy atom. The number of aryl methyl sites for hydroxylation is 1. The van der Waals surface area contributed by atoms with Crippen molar-refractivity contribution in [3.63, 3.8) is 0 Å². The lowest BCUT2D eigenvalue weighted by molar-refractivity contribution is 0.892. The van der Waals surface area contributed by atoms with E-state index >= 15 is 0 Å². The minimum Gasteiger partial charge on any atom is -0.261 e. The fourth-order valence-corrected chi connectivity index (χ4v) is 2.43. The van der Waals surface area contributed by atoms with E-state index in [1.165, 1.54) is 11.1 Å². The lowest BCUT2D eigenvalue weighted by Crippen LogP contribution is -1.99. The van der Waals surface area contributed by atoms with Gasteiger partial charge in [0.1, 0.15) is 0 Å². The number of pyridine rings is 1. The first-order chi connectivity index (χ1) is 8.16. The number of hydrogen-bond acceptors (Lipinski definition) is 1. The van der Waals surface area contributed by atoms with E-state index in [9.17, 15) is 0 Å². The van der Waals surface area contributed by atoms with Crippen molar-refractivity contribution in [3.8, 4) is 0 Å². The molecule has 0 radical (unpaired) electrons. The van der Waals surface area contributed by atoms with Crippen LogP contribution in [0.25, 0.3) is 0 Å². The summed E-state index contributed by atoms with van der Waals surface area (Å²) in [6.45, 7) is 2.09. The SMILES string of the molecule is Cc1cccnc1CC(Br)c1ccc(Cl)cc1. The molecule has 1 nitrogen and oxygen atoms in total. The molecule has 1 aromatic carbocycles. The van der Waals surface area contributed by atoms with E-state index in [1.807, 2.05) is 36.5 Å². The van der Waals surface area contributed by atoms with Crippen LogP contribution in [0.3, 0.4) is 0 Å². The fourth-order valence-electron chi connectivity index (χ4n) is 1.69. The van der Waals surface area contributed by atoms with Crippen molar-refractivity contribution in [2.75, 3.05) is 0 Å². The van der Waals surface area contributed by atoms with Crippen LogP contribution in [0.15, 0.2) is 42.6 Å². The number of rotatable bonds is 3. The highest BCUT2D eigenvalue weighted by molar-refractivity contribution is 9.09. The fraction of sp³-hybridized carbons (Fsp3) is 0.214. The number of aromatic nitrogens is 1. The maximum atomic E-state index is 5.87. The van der Waals surface area contributed by atoms with E-state index in [0.717, 1.165) is 17.1 Å². The predicted octanol–water partition coefficient (Wildman–Crippen LogP) is 4.72. The molecule has 2 aromatic rings. The molecule has 1 atom stereocenters. The van der Waals surface area contributed by atoms with E-state index in [1.54, 1.807) is 0 Å². The van der Waals surface area contributed by atoms with Gasteiger partial charge in [0, 0.05) is 28.2 Å². The maximum Gasteiger partial charge on any atom is 0.0450 e. The molecule has 1 unspecified atom stereocenters. The highest BCUT2D eigenvalue weighted by Gasteiger charge is 2.10. The number of nitrogens with zero attached hydrogens (tertiary/aromatic N) is 1. The smallest absolute Gasteiger partial charge is 0.0450 e. The topological polar surface area (TPSA) is 12.9 Å². The molecule has 0 fully saturated rings. The van der Waals surface area contributed by atoms with Gasteiger partial charge < -0.3 is 0 Å². The van der Waals surface area contributed by atoms with Crippen molar-refractivity contribution >= 4 is 27.5 Å². The first kappa shape index (κ1) is 12.6. The van der Waals surface area contributed by atoms with Crippen molar-refractivity contribution in [3.05, 3.63) is 64.4 Å². The van der Waals surface area contributed by atoms with Gasteiger partial charge in [0.15, 0.2) is 0 Å². The van der Waals surface area contributed by atoms with E-state index < -0.39 is 0 Å². The van der Waals surface area contributed by atoms with Crippen LogP contribution in [-0.2, 0) is 6.42 Å². The van der Waals surface area contributed by atoms with Crippen LogP contribution in [0.5, 0.6) is 0 Å². The van der Waals surface area contributed by atoms with E-state index in [2.05, 4.69) is 33.9 Å². The summed E-state index contributed by atoms with van der Waals surface area (Å²) in [6.07, 6.45) is 2.72. The molecule has 1 aromatic heterocycles. The quantitative estimate of drug-likeness (QED) is 0.747. The van der Waals surface area contributed by atoms with Gasteiger partial charge in [0.2, 0.25) is 0 Å². The van der Waals surface area contributed by atoms with Crippen molar-refractivity contribution in [2.45, 2.75) is 18.2 Å². The van der Waals surface area contributed by atoms with Gasteiger partial charge in [0.25, 0.3) is 0 Å². The van der Waals surface area contributed by atoms with Crippen molar-refractivity contribution in [2.24, 2.45) is 0 Å². The summed E-state index contributed by atoms with van der Waals surface area (Å²) < 4.78 is 0. The molecule has 1 heterocycles. The lowest BCUT2D eigenvalue weighted by atomic mass is 10.1. The third-order valence-corrected chi connectivity index (χ3v) is 3.83. The van der Waals surface area contributed by atoms with Crippen molar-refractivity contribution < 1.29 is 0 Å². The predicted molar refractivity (Wildman–Crippen MR) is 75.8 cm³/mol. The molecular weight excluding hydrogens is 298 g/mol. The number of hydrogen-bond donors (Lipinski definition) is 0. The van der Waals surface area contributed by atoms with Crippen LogP contribution in [0, 0.1) is 6.92 Å². The molecule has 0 saturated heterocycles. The van der Waals surface area contributed by atoms with Crippen LogP contribution in [0.4, 0.5) is 0 Å². The maximum absolute atomic E-state index is 5.87. The lowest BCUT2D eigenvalue weighted by Gasteiger charge is -2.11. The van der Waals surface area contributed by atoms with Gasteiger partial charge in [-0.25, -0.2) is 0 Å². The Bertz CT molecular complexity index is 496. The summed E-state index contributed by atoms with van der Waals surface area (Å²) in [7, 11) is 0. The summed E-state index contributed by atoms with van der Waals surface area (Å²) >= 11 is 9.57. The Hall–Kier alpha value is -0.860. The number of halogens is 2. The monoisotopic (exact) mass is 309 g/mol. The van der Waals surface area contributed by atoms with Crippen molar-refractivity contribution in [1.82, 2.24) is 4.98 Å². The normalized spacial score (nSPS) is 12.4. The molecule has 0 saturated carbocycles. The Morgan fingerprint density at radius 2 is 1.94 bits per heavy atom. The molecule has 88 valence electrons. The number of alkyl halides is 1. The molecule has 17 heavy (non-hydrogen) atoms. The van der Waals surface area contributed by atoms with Crippen LogP contribution in [0.2, 0.25) is 5.02 Å². The van der Waals surface area contributed by atoms with Gasteiger partial charge in [0.05, 0.1) is 0 Å². The molecule has 3 heteroatoms. The molecule has 0 bridgehead atoms. The zero-order valence-electron chi connectivity index (χ0n) is 9.53. The van der Waals surface area contributed by atoms with Gasteiger partial charge >= 0.3 is 0 Å². The standard InChI is InChI=1S/C14H13BrClN/c1-10-3-2-8-17-14(10)9-13(15)11-4-6-12(16)7-5-11/h2-8,13H,9H2,1H3. The van der Waals surface area contributed by atoms with E-state index in [4.69, 9.17) is 11.6 Å².